The van der Waals surface area contributed by atoms with Gasteiger partial charge in [-0.2, -0.15) is 0 Å². The van der Waals surface area contributed by atoms with Gasteiger partial charge >= 0.3 is 5.97 Å². The topological polar surface area (TPSA) is 54.6 Å². The van der Waals surface area contributed by atoms with Gasteiger partial charge in [0.15, 0.2) is 10.7 Å². The Labute approximate surface area is 135 Å². The summed E-state index contributed by atoms with van der Waals surface area (Å²) in [5, 5.41) is 13.8. The minimum absolute atomic E-state index is 0.0871. The van der Waals surface area contributed by atoms with E-state index in [1.807, 2.05) is 9.78 Å². The van der Waals surface area contributed by atoms with Gasteiger partial charge in [0.05, 0.1) is 5.69 Å². The molecule has 0 amide bonds. The molecule has 0 saturated carbocycles. The number of hydrogen-bond acceptors (Lipinski definition) is 3. The van der Waals surface area contributed by atoms with Gasteiger partial charge in [-0.1, -0.05) is 30.3 Å². The lowest BCUT2D eigenvalue weighted by atomic mass is 9.98. The van der Waals surface area contributed by atoms with Crippen LogP contribution in [-0.4, -0.2) is 20.5 Å². The molecule has 0 radical (unpaired) electrons. The molecule has 0 saturated heterocycles. The molecule has 23 heavy (non-hydrogen) atoms. The Morgan fingerprint density at radius 3 is 2.83 bits per heavy atom. The van der Waals surface area contributed by atoms with E-state index >= 15 is 0 Å². The van der Waals surface area contributed by atoms with Gasteiger partial charge < -0.3 is 5.11 Å². The maximum atomic E-state index is 11.2. The molecule has 4 nitrogen and oxygen atoms in total. The minimum Gasteiger partial charge on any atom is -0.476 e. The Morgan fingerprint density at radius 1 is 1.17 bits per heavy atom. The van der Waals surface area contributed by atoms with Crippen molar-refractivity contribution in [2.45, 2.75) is 12.8 Å². The smallest absolute Gasteiger partial charge is 0.356 e. The van der Waals surface area contributed by atoms with Gasteiger partial charge in [0, 0.05) is 17.1 Å². The minimum atomic E-state index is -0.993. The number of thiazole rings is 1. The number of benzene rings is 2. The lowest BCUT2D eigenvalue weighted by Crippen LogP contribution is -1.95. The molecule has 1 aliphatic rings. The van der Waals surface area contributed by atoms with Crippen molar-refractivity contribution >= 4 is 33.0 Å². The molecule has 0 unspecified atom stereocenters. The molecule has 5 heteroatoms. The van der Waals surface area contributed by atoms with Crippen LogP contribution in [0.3, 0.4) is 0 Å². The van der Waals surface area contributed by atoms with Crippen molar-refractivity contribution in [2.24, 2.45) is 0 Å². The number of aromatic nitrogens is 2. The van der Waals surface area contributed by atoms with Crippen LogP contribution in [0.2, 0.25) is 0 Å². The van der Waals surface area contributed by atoms with Crippen LogP contribution in [-0.2, 0) is 12.8 Å². The first-order valence-corrected chi connectivity index (χ1v) is 8.34. The fourth-order valence-electron chi connectivity index (χ4n) is 3.55. The molecule has 0 aliphatic heterocycles. The molecule has 4 aromatic rings. The highest BCUT2D eigenvalue weighted by Crippen LogP contribution is 2.38. The summed E-state index contributed by atoms with van der Waals surface area (Å²) in [6.45, 7) is 0. The molecule has 2 heterocycles. The van der Waals surface area contributed by atoms with Crippen LogP contribution >= 0.6 is 11.3 Å². The van der Waals surface area contributed by atoms with E-state index in [1.54, 1.807) is 6.20 Å². The van der Waals surface area contributed by atoms with Crippen LogP contribution in [0.25, 0.3) is 27.0 Å². The first-order valence-electron chi connectivity index (χ1n) is 7.46. The maximum Gasteiger partial charge on any atom is 0.356 e. The third-order valence-corrected chi connectivity index (χ3v) is 5.42. The quantitative estimate of drug-likeness (QED) is 0.607. The zero-order chi connectivity index (χ0) is 15.6. The normalized spacial score (nSPS) is 13.2. The van der Waals surface area contributed by atoms with Crippen molar-refractivity contribution in [1.82, 2.24) is 9.38 Å². The SMILES string of the molecule is O=C(O)c1cn2c(-c3ccc4c5c(cccc35)CC4)csc2n1. The Balaban J connectivity index is 1.83. The molecular formula is C18H12N2O2S. The summed E-state index contributed by atoms with van der Waals surface area (Å²) in [7, 11) is 0. The highest BCUT2D eigenvalue weighted by molar-refractivity contribution is 7.15. The molecule has 112 valence electrons. The summed E-state index contributed by atoms with van der Waals surface area (Å²) in [6, 6.07) is 10.8. The summed E-state index contributed by atoms with van der Waals surface area (Å²) < 4.78 is 1.88. The van der Waals surface area contributed by atoms with Crippen molar-refractivity contribution in [3.05, 3.63) is 58.7 Å². The van der Waals surface area contributed by atoms with Crippen LogP contribution in [0.1, 0.15) is 21.6 Å². The van der Waals surface area contributed by atoms with E-state index in [0.29, 0.717) is 4.96 Å². The monoisotopic (exact) mass is 320 g/mol. The molecule has 0 fully saturated rings. The highest BCUT2D eigenvalue weighted by atomic mass is 32.1. The third kappa shape index (κ3) is 1.71. The second-order valence-electron chi connectivity index (χ2n) is 5.82. The van der Waals surface area contributed by atoms with Crippen molar-refractivity contribution < 1.29 is 9.90 Å². The molecule has 0 bridgehead atoms. The summed E-state index contributed by atoms with van der Waals surface area (Å²) in [5.41, 5.74) is 5.03. The maximum absolute atomic E-state index is 11.2. The number of rotatable bonds is 2. The molecule has 0 atom stereocenters. The van der Waals surface area contributed by atoms with Gasteiger partial charge in [-0.25, -0.2) is 9.78 Å². The van der Waals surface area contributed by atoms with Crippen LogP contribution < -0.4 is 0 Å². The zero-order valence-electron chi connectivity index (χ0n) is 12.1. The molecule has 1 N–H and O–H groups in total. The standard InChI is InChI=1S/C18H12N2O2S/c21-17(22)14-8-20-15(9-23-18(20)19-14)12-7-6-11-5-4-10-2-1-3-13(12)16(10)11/h1-3,6-9H,4-5H2,(H,21,22). The van der Waals surface area contributed by atoms with Gasteiger partial charge in [0.1, 0.15) is 0 Å². The molecule has 0 spiro atoms. The molecule has 1 aliphatic carbocycles. The van der Waals surface area contributed by atoms with Gasteiger partial charge in [-0.05, 0) is 34.7 Å². The molecular weight excluding hydrogens is 308 g/mol. The van der Waals surface area contributed by atoms with E-state index in [4.69, 9.17) is 5.11 Å². The second-order valence-corrected chi connectivity index (χ2v) is 6.65. The average Bonchev–Trinajstić information content (AvgIpc) is 3.23. The number of carboxylic acid groups (broad SMARTS) is 1. The largest absolute Gasteiger partial charge is 0.476 e. The summed E-state index contributed by atoms with van der Waals surface area (Å²) in [4.78, 5) is 16.0. The Kier molecular flexibility index (Phi) is 2.47. The second kappa shape index (κ2) is 4.43. The molecule has 2 aromatic carbocycles. The van der Waals surface area contributed by atoms with Gasteiger partial charge in [-0.15, -0.1) is 11.3 Å². The number of aromatic carboxylic acids is 1. The van der Waals surface area contributed by atoms with E-state index in [2.05, 4.69) is 35.3 Å². The number of fused-ring (bicyclic) bond motifs is 1. The van der Waals surface area contributed by atoms with E-state index in [-0.39, 0.29) is 5.69 Å². The number of aryl methyl sites for hydroxylation is 2. The molecule has 5 rings (SSSR count). The van der Waals surface area contributed by atoms with Crippen molar-refractivity contribution in [2.75, 3.05) is 0 Å². The van der Waals surface area contributed by atoms with Crippen molar-refractivity contribution in [3.8, 4) is 11.3 Å². The number of imidazole rings is 1. The average molecular weight is 320 g/mol. The zero-order valence-corrected chi connectivity index (χ0v) is 12.9. The predicted octanol–water partition coefficient (Wildman–Crippen LogP) is 4.01. The van der Waals surface area contributed by atoms with Crippen LogP contribution in [0.15, 0.2) is 41.9 Å². The summed E-state index contributed by atoms with van der Waals surface area (Å²) >= 11 is 1.47. The van der Waals surface area contributed by atoms with Gasteiger partial charge in [0.25, 0.3) is 0 Å². The Morgan fingerprint density at radius 2 is 2.00 bits per heavy atom. The predicted molar refractivity (Wildman–Crippen MR) is 90.4 cm³/mol. The van der Waals surface area contributed by atoms with E-state index < -0.39 is 5.97 Å². The van der Waals surface area contributed by atoms with E-state index in [9.17, 15) is 4.79 Å². The number of hydrogen-bond donors (Lipinski definition) is 1. The number of nitrogens with zero attached hydrogens (tertiary/aromatic N) is 2. The number of carbonyl (C=O) groups is 1. The Bertz CT molecular complexity index is 1100. The van der Waals surface area contributed by atoms with Crippen molar-refractivity contribution in [1.29, 1.82) is 0 Å². The first kappa shape index (κ1) is 12.8. The van der Waals surface area contributed by atoms with Gasteiger partial charge in [-0.3, -0.25) is 4.40 Å². The summed E-state index contributed by atoms with van der Waals surface area (Å²) in [6.07, 6.45) is 3.81. The number of carboxylic acids is 1. The van der Waals surface area contributed by atoms with Crippen LogP contribution in [0.4, 0.5) is 0 Å². The lowest BCUT2D eigenvalue weighted by molar-refractivity contribution is 0.0691. The van der Waals surface area contributed by atoms with Crippen LogP contribution in [0, 0.1) is 0 Å². The molecule has 2 aromatic heterocycles. The first-order chi connectivity index (χ1) is 11.2. The fraction of sp³-hybridized carbons (Fsp3) is 0.111. The third-order valence-electron chi connectivity index (χ3n) is 4.58. The van der Waals surface area contributed by atoms with Gasteiger partial charge in [0.2, 0.25) is 0 Å². The van der Waals surface area contributed by atoms with Crippen molar-refractivity contribution in [3.63, 3.8) is 0 Å². The fourth-order valence-corrected chi connectivity index (χ4v) is 4.42. The van der Waals surface area contributed by atoms with E-state index in [0.717, 1.165) is 24.1 Å². The lowest BCUT2D eigenvalue weighted by Gasteiger charge is -2.08. The Hall–Kier alpha value is -2.66. The summed E-state index contributed by atoms with van der Waals surface area (Å²) in [5.74, 6) is -0.993. The van der Waals surface area contributed by atoms with Crippen LogP contribution in [0.5, 0.6) is 0 Å². The van der Waals surface area contributed by atoms with E-state index in [1.165, 1.54) is 33.2 Å². The highest BCUT2D eigenvalue weighted by Gasteiger charge is 2.19.